The summed E-state index contributed by atoms with van der Waals surface area (Å²) >= 11 is 0. The molecule has 0 aliphatic carbocycles. The fourth-order valence-corrected chi connectivity index (χ4v) is 2.51. The predicted molar refractivity (Wildman–Crippen MR) is 73.7 cm³/mol. The Bertz CT molecular complexity index is 600. The molecule has 2 aromatic rings. The summed E-state index contributed by atoms with van der Waals surface area (Å²) in [5.41, 5.74) is 4.48. The average Bonchev–Trinajstić information content (AvgIpc) is 2.84. The highest BCUT2D eigenvalue weighted by Gasteiger charge is 2.20. The molecule has 0 atom stereocenters. The van der Waals surface area contributed by atoms with Crippen LogP contribution in [0.1, 0.15) is 36.7 Å². The first kappa shape index (κ1) is 12.3. The third-order valence-corrected chi connectivity index (χ3v) is 3.46. The second kappa shape index (κ2) is 4.74. The van der Waals surface area contributed by atoms with Crippen molar-refractivity contribution in [1.29, 1.82) is 0 Å². The van der Waals surface area contributed by atoms with Gasteiger partial charge in [-0.15, -0.1) is 0 Å². The molecule has 3 heterocycles. The zero-order valence-corrected chi connectivity index (χ0v) is 11.6. The van der Waals surface area contributed by atoms with E-state index in [0.29, 0.717) is 5.92 Å². The average molecular weight is 257 g/mol. The molecule has 3 rings (SSSR count). The van der Waals surface area contributed by atoms with E-state index in [2.05, 4.69) is 24.3 Å². The van der Waals surface area contributed by atoms with Crippen molar-refractivity contribution in [2.24, 2.45) is 7.05 Å². The minimum atomic E-state index is 0.414. The minimum absolute atomic E-state index is 0.414. The first-order chi connectivity index (χ1) is 9.15. The molecule has 5 nitrogen and oxygen atoms in total. The maximum Gasteiger partial charge on any atom is 0.180 e. The summed E-state index contributed by atoms with van der Waals surface area (Å²) in [5, 5.41) is 7.78. The Morgan fingerprint density at radius 2 is 2.16 bits per heavy atom. The Balaban J connectivity index is 2.14. The van der Waals surface area contributed by atoms with Crippen LogP contribution >= 0.6 is 0 Å². The van der Waals surface area contributed by atoms with Crippen molar-refractivity contribution in [2.75, 3.05) is 6.54 Å². The molecule has 0 spiro atoms. The van der Waals surface area contributed by atoms with E-state index < -0.39 is 0 Å². The largest absolute Gasteiger partial charge is 0.311 e. The fourth-order valence-electron chi connectivity index (χ4n) is 2.51. The molecular formula is C14H19N5. The van der Waals surface area contributed by atoms with E-state index in [4.69, 9.17) is 9.97 Å². The Labute approximate surface area is 113 Å². The van der Waals surface area contributed by atoms with Crippen LogP contribution in [0.3, 0.4) is 0 Å². The van der Waals surface area contributed by atoms with Gasteiger partial charge in [0.2, 0.25) is 0 Å². The molecule has 1 N–H and O–H groups in total. The Morgan fingerprint density at radius 3 is 2.84 bits per heavy atom. The van der Waals surface area contributed by atoms with Gasteiger partial charge in [0.1, 0.15) is 5.69 Å². The van der Waals surface area contributed by atoms with Gasteiger partial charge < -0.3 is 5.32 Å². The lowest BCUT2D eigenvalue weighted by Gasteiger charge is -2.21. The van der Waals surface area contributed by atoms with E-state index in [1.807, 2.05) is 19.3 Å². The fraction of sp³-hybridized carbons (Fsp3) is 0.500. The summed E-state index contributed by atoms with van der Waals surface area (Å²) in [5.74, 6) is 1.16. The van der Waals surface area contributed by atoms with E-state index in [0.717, 1.165) is 36.7 Å². The van der Waals surface area contributed by atoms with Gasteiger partial charge in [0.15, 0.2) is 5.82 Å². The zero-order valence-electron chi connectivity index (χ0n) is 11.6. The quantitative estimate of drug-likeness (QED) is 0.888. The van der Waals surface area contributed by atoms with Crippen LogP contribution in [-0.4, -0.2) is 26.3 Å². The third-order valence-electron chi connectivity index (χ3n) is 3.46. The number of nitrogens with one attached hydrogen (secondary N) is 1. The van der Waals surface area contributed by atoms with Gasteiger partial charge >= 0.3 is 0 Å². The van der Waals surface area contributed by atoms with Gasteiger partial charge in [-0.25, -0.2) is 9.97 Å². The lowest BCUT2D eigenvalue weighted by molar-refractivity contribution is 0.609. The number of hydrogen-bond donors (Lipinski definition) is 1. The normalized spacial score (nSPS) is 14.7. The molecular weight excluding hydrogens is 238 g/mol. The van der Waals surface area contributed by atoms with Crippen LogP contribution in [0, 0.1) is 0 Å². The lowest BCUT2D eigenvalue weighted by Crippen LogP contribution is -2.27. The molecule has 1 aliphatic heterocycles. The molecule has 0 bridgehead atoms. The van der Waals surface area contributed by atoms with E-state index in [9.17, 15) is 0 Å². The van der Waals surface area contributed by atoms with E-state index in [-0.39, 0.29) is 0 Å². The molecule has 5 heteroatoms. The monoisotopic (exact) mass is 257 g/mol. The van der Waals surface area contributed by atoms with E-state index >= 15 is 0 Å². The number of fused-ring (bicyclic) bond motifs is 1. The van der Waals surface area contributed by atoms with Crippen LogP contribution in [0.2, 0.25) is 0 Å². The Morgan fingerprint density at radius 1 is 1.32 bits per heavy atom. The summed E-state index contributed by atoms with van der Waals surface area (Å²) in [6, 6.07) is 1.96. The molecule has 0 fully saturated rings. The van der Waals surface area contributed by atoms with Gasteiger partial charge in [-0.2, -0.15) is 5.10 Å². The number of hydrogen-bond acceptors (Lipinski definition) is 4. The maximum absolute atomic E-state index is 4.75. The van der Waals surface area contributed by atoms with E-state index in [1.54, 1.807) is 4.68 Å². The Kier molecular flexibility index (Phi) is 3.06. The smallest absolute Gasteiger partial charge is 0.180 e. The second-order valence-electron chi connectivity index (χ2n) is 5.31. The molecule has 1 aliphatic rings. The molecule has 0 saturated heterocycles. The highest BCUT2D eigenvalue weighted by Crippen LogP contribution is 2.25. The number of nitrogens with zero attached hydrogens (tertiary/aromatic N) is 4. The van der Waals surface area contributed by atoms with Gasteiger partial charge in [0.25, 0.3) is 0 Å². The van der Waals surface area contributed by atoms with Crippen LogP contribution < -0.4 is 5.32 Å². The number of aryl methyl sites for hydroxylation is 1. The first-order valence-electron chi connectivity index (χ1n) is 6.75. The molecule has 2 aromatic heterocycles. The van der Waals surface area contributed by atoms with Crippen molar-refractivity contribution in [3.63, 3.8) is 0 Å². The molecule has 0 aromatic carbocycles. The van der Waals surface area contributed by atoms with Crippen molar-refractivity contribution in [3.8, 4) is 11.5 Å². The van der Waals surface area contributed by atoms with Crippen LogP contribution in [0.25, 0.3) is 11.5 Å². The summed E-state index contributed by atoms with van der Waals surface area (Å²) in [4.78, 5) is 9.44. The Hall–Kier alpha value is -1.75. The summed E-state index contributed by atoms with van der Waals surface area (Å²) < 4.78 is 1.78. The van der Waals surface area contributed by atoms with Gasteiger partial charge in [0, 0.05) is 19.8 Å². The first-order valence-corrected chi connectivity index (χ1v) is 6.75. The molecule has 19 heavy (non-hydrogen) atoms. The van der Waals surface area contributed by atoms with Crippen molar-refractivity contribution >= 4 is 0 Å². The van der Waals surface area contributed by atoms with Gasteiger partial charge in [-0.05, 0) is 30.5 Å². The highest BCUT2D eigenvalue weighted by atomic mass is 15.3. The number of aromatic nitrogens is 4. The van der Waals surface area contributed by atoms with Gasteiger partial charge in [0.05, 0.1) is 11.4 Å². The third kappa shape index (κ3) is 2.26. The number of rotatable bonds is 2. The SMILES string of the molecule is CC(C)c1nc(-c2ccn(C)n2)nc2c1CCNC2. The zero-order chi connectivity index (χ0) is 13.4. The van der Waals surface area contributed by atoms with Crippen LogP contribution in [0.5, 0.6) is 0 Å². The molecule has 100 valence electrons. The summed E-state index contributed by atoms with van der Waals surface area (Å²) in [6.45, 7) is 6.22. The van der Waals surface area contributed by atoms with Crippen LogP contribution in [0.4, 0.5) is 0 Å². The van der Waals surface area contributed by atoms with Crippen molar-refractivity contribution in [1.82, 2.24) is 25.1 Å². The second-order valence-corrected chi connectivity index (χ2v) is 5.31. The molecule has 0 amide bonds. The maximum atomic E-state index is 4.75. The highest BCUT2D eigenvalue weighted by molar-refractivity contribution is 5.50. The van der Waals surface area contributed by atoms with Gasteiger partial charge in [-0.1, -0.05) is 13.8 Å². The van der Waals surface area contributed by atoms with E-state index in [1.165, 1.54) is 11.3 Å². The lowest BCUT2D eigenvalue weighted by atomic mass is 9.97. The molecule has 0 unspecified atom stereocenters. The summed E-state index contributed by atoms with van der Waals surface area (Å²) in [7, 11) is 1.91. The topological polar surface area (TPSA) is 55.6 Å². The van der Waals surface area contributed by atoms with Crippen molar-refractivity contribution < 1.29 is 0 Å². The van der Waals surface area contributed by atoms with Crippen LogP contribution in [0.15, 0.2) is 12.3 Å². The predicted octanol–water partition coefficient (Wildman–Crippen LogP) is 1.65. The van der Waals surface area contributed by atoms with Crippen LogP contribution in [-0.2, 0) is 20.0 Å². The van der Waals surface area contributed by atoms with Gasteiger partial charge in [-0.3, -0.25) is 4.68 Å². The minimum Gasteiger partial charge on any atom is -0.311 e. The summed E-state index contributed by atoms with van der Waals surface area (Å²) in [6.07, 6.45) is 2.94. The van der Waals surface area contributed by atoms with Crippen molar-refractivity contribution in [3.05, 3.63) is 29.2 Å². The molecule has 0 saturated carbocycles. The standard InChI is InChI=1S/C14H19N5/c1-9(2)13-10-4-6-15-8-12(10)16-14(17-13)11-5-7-19(3)18-11/h5,7,9,15H,4,6,8H2,1-3H3. The molecule has 0 radical (unpaired) electrons. The van der Waals surface area contributed by atoms with Crippen molar-refractivity contribution in [2.45, 2.75) is 32.7 Å².